The number of anilines is 1. The van der Waals surface area contributed by atoms with Crippen molar-refractivity contribution >= 4 is 33.2 Å². The van der Waals surface area contributed by atoms with Crippen molar-refractivity contribution in [3.63, 3.8) is 0 Å². The minimum Gasteiger partial charge on any atom is -0.495 e. The fraction of sp³-hybridized carbons (Fsp3) is 0.462. The summed E-state index contributed by atoms with van der Waals surface area (Å²) >= 11 is 0. The Kier molecular flexibility index (Phi) is 9.84. The molecule has 0 unspecified atom stereocenters. The first-order chi connectivity index (χ1) is 18.4. The number of carbonyl (C=O) groups excluding carboxylic acids is 2. The lowest BCUT2D eigenvalue weighted by molar-refractivity contribution is -0.384. The van der Waals surface area contributed by atoms with Crippen molar-refractivity contribution in [3.8, 4) is 5.75 Å². The minimum atomic E-state index is -4.14. The zero-order valence-corrected chi connectivity index (χ0v) is 22.9. The zero-order chi connectivity index (χ0) is 28.7. The quantitative estimate of drug-likeness (QED) is 0.326. The van der Waals surface area contributed by atoms with E-state index in [-0.39, 0.29) is 24.0 Å². The van der Waals surface area contributed by atoms with Crippen LogP contribution in [-0.2, 0) is 26.2 Å². The van der Waals surface area contributed by atoms with E-state index in [0.717, 1.165) is 50.5 Å². The highest BCUT2D eigenvalue weighted by atomic mass is 32.2. The van der Waals surface area contributed by atoms with Crippen molar-refractivity contribution in [2.45, 2.75) is 57.7 Å². The van der Waals surface area contributed by atoms with Crippen LogP contribution in [0.25, 0.3) is 0 Å². The monoisotopic (exact) mass is 564 g/mol. The van der Waals surface area contributed by atoms with Gasteiger partial charge in [0.1, 0.15) is 29.8 Å². The van der Waals surface area contributed by atoms with Crippen molar-refractivity contribution in [1.82, 2.24) is 10.2 Å². The van der Waals surface area contributed by atoms with Crippen LogP contribution in [0.1, 0.15) is 44.6 Å². The molecule has 11 nitrogen and oxygen atoms in total. The summed E-state index contributed by atoms with van der Waals surface area (Å²) in [7, 11) is -2.87. The van der Waals surface area contributed by atoms with E-state index >= 15 is 0 Å². The minimum absolute atomic E-state index is 0.00648. The van der Waals surface area contributed by atoms with Gasteiger partial charge in [0.15, 0.2) is 0 Å². The van der Waals surface area contributed by atoms with Crippen molar-refractivity contribution < 1.29 is 32.1 Å². The third kappa shape index (κ3) is 7.88. The predicted molar refractivity (Wildman–Crippen MR) is 143 cm³/mol. The number of amides is 2. The van der Waals surface area contributed by atoms with Crippen molar-refractivity contribution in [2.24, 2.45) is 0 Å². The van der Waals surface area contributed by atoms with Gasteiger partial charge in [0.2, 0.25) is 21.8 Å². The Morgan fingerprint density at radius 1 is 1.15 bits per heavy atom. The molecule has 2 aromatic carbocycles. The number of nitro benzene ring substituents is 1. The predicted octanol–water partition coefficient (Wildman–Crippen LogP) is 3.37. The lowest BCUT2D eigenvalue weighted by Crippen LogP contribution is -2.53. The van der Waals surface area contributed by atoms with E-state index in [1.807, 2.05) is 0 Å². The molecule has 1 saturated carbocycles. The average molecular weight is 565 g/mol. The maximum atomic E-state index is 13.7. The number of methoxy groups -OCH3 is 1. The van der Waals surface area contributed by atoms with Crippen LogP contribution >= 0.6 is 0 Å². The third-order valence-corrected chi connectivity index (χ3v) is 7.83. The highest BCUT2D eigenvalue weighted by molar-refractivity contribution is 7.92. The Hall–Kier alpha value is -3.74. The first-order valence-corrected chi connectivity index (χ1v) is 14.4. The number of non-ortho nitro benzene ring substituents is 1. The zero-order valence-electron chi connectivity index (χ0n) is 22.1. The highest BCUT2D eigenvalue weighted by Crippen LogP contribution is 2.34. The van der Waals surface area contributed by atoms with Gasteiger partial charge in [-0.15, -0.1) is 0 Å². The van der Waals surface area contributed by atoms with E-state index < -0.39 is 50.9 Å². The Balaban J connectivity index is 1.95. The van der Waals surface area contributed by atoms with Gasteiger partial charge in [-0.3, -0.25) is 24.0 Å². The molecule has 2 amide bonds. The van der Waals surface area contributed by atoms with Gasteiger partial charge < -0.3 is 15.0 Å². The van der Waals surface area contributed by atoms with E-state index in [9.17, 15) is 32.5 Å². The molecule has 1 aliphatic rings. The molecule has 1 atom stereocenters. The van der Waals surface area contributed by atoms with Crippen LogP contribution in [0.4, 0.5) is 15.8 Å². The van der Waals surface area contributed by atoms with Gasteiger partial charge in [0, 0.05) is 24.7 Å². The molecule has 0 aromatic heterocycles. The summed E-state index contributed by atoms with van der Waals surface area (Å²) in [6.45, 7) is 0.693. The van der Waals surface area contributed by atoms with Crippen LogP contribution in [0.2, 0.25) is 0 Å². The fourth-order valence-electron chi connectivity index (χ4n) is 4.52. The second-order valence-electron chi connectivity index (χ2n) is 9.55. The number of nitrogens with zero attached hydrogens (tertiary/aromatic N) is 3. The van der Waals surface area contributed by atoms with Gasteiger partial charge in [-0.2, -0.15) is 0 Å². The van der Waals surface area contributed by atoms with Crippen molar-refractivity contribution in [2.75, 3.05) is 24.2 Å². The van der Waals surface area contributed by atoms with Gasteiger partial charge >= 0.3 is 0 Å². The average Bonchev–Trinajstić information content (AvgIpc) is 2.90. The molecule has 3 rings (SSSR count). The van der Waals surface area contributed by atoms with Crippen molar-refractivity contribution in [1.29, 1.82) is 0 Å². The van der Waals surface area contributed by atoms with Crippen LogP contribution in [0.3, 0.4) is 0 Å². The second kappa shape index (κ2) is 12.9. The molecule has 2 aromatic rings. The van der Waals surface area contributed by atoms with E-state index in [2.05, 4.69) is 5.32 Å². The van der Waals surface area contributed by atoms with E-state index in [0.29, 0.717) is 9.87 Å². The molecule has 1 N–H and O–H groups in total. The molecule has 13 heteroatoms. The summed E-state index contributed by atoms with van der Waals surface area (Å²) in [5.41, 5.74) is -0.0558. The van der Waals surface area contributed by atoms with Gasteiger partial charge in [0.25, 0.3) is 5.69 Å². The van der Waals surface area contributed by atoms with E-state index in [4.69, 9.17) is 4.74 Å². The van der Waals surface area contributed by atoms with Gasteiger partial charge in [-0.1, -0.05) is 31.4 Å². The molecule has 0 saturated heterocycles. The first-order valence-electron chi connectivity index (χ1n) is 12.5. The number of benzene rings is 2. The largest absolute Gasteiger partial charge is 0.495 e. The van der Waals surface area contributed by atoms with E-state index in [1.54, 1.807) is 0 Å². The van der Waals surface area contributed by atoms with Crippen LogP contribution in [-0.4, -0.2) is 62.0 Å². The topological polar surface area (TPSA) is 139 Å². The van der Waals surface area contributed by atoms with Gasteiger partial charge in [0.05, 0.1) is 18.3 Å². The molecule has 0 spiro atoms. The molecule has 39 heavy (non-hydrogen) atoms. The summed E-state index contributed by atoms with van der Waals surface area (Å²) in [6, 6.07) is 7.80. The molecular formula is C26H33FN4O7S. The third-order valence-electron chi connectivity index (χ3n) is 6.71. The van der Waals surface area contributed by atoms with Crippen LogP contribution in [0, 0.1) is 15.9 Å². The summed E-state index contributed by atoms with van der Waals surface area (Å²) in [5, 5.41) is 14.3. The SMILES string of the molecule is COc1ccc([N+](=O)[O-])cc1N(CC(=O)N(Cc1ccc(F)cc1)[C@H](C)C(=O)NC1CCCCC1)S(C)(=O)=O. The Bertz CT molecular complexity index is 1300. The summed E-state index contributed by atoms with van der Waals surface area (Å²) < 4.78 is 45.1. The van der Waals surface area contributed by atoms with Gasteiger partial charge in [-0.25, -0.2) is 12.8 Å². The molecular weight excluding hydrogens is 531 g/mol. The molecule has 1 fully saturated rings. The number of ether oxygens (including phenoxy) is 1. The molecule has 0 radical (unpaired) electrons. The number of sulfonamides is 1. The molecule has 0 bridgehead atoms. The maximum Gasteiger partial charge on any atom is 0.271 e. The fourth-order valence-corrected chi connectivity index (χ4v) is 5.36. The van der Waals surface area contributed by atoms with Crippen LogP contribution in [0.5, 0.6) is 5.75 Å². The molecule has 212 valence electrons. The molecule has 1 aliphatic carbocycles. The second-order valence-corrected chi connectivity index (χ2v) is 11.5. The molecule has 0 aliphatic heterocycles. The Labute approximate surface area is 227 Å². The lowest BCUT2D eigenvalue weighted by atomic mass is 9.95. The molecule has 0 heterocycles. The number of hydrogen-bond donors (Lipinski definition) is 1. The smallest absolute Gasteiger partial charge is 0.271 e. The maximum absolute atomic E-state index is 13.7. The number of rotatable bonds is 11. The number of carbonyl (C=O) groups is 2. The normalized spacial score (nSPS) is 14.8. The summed E-state index contributed by atoms with van der Waals surface area (Å²) in [6.07, 6.45) is 5.61. The number of hydrogen-bond acceptors (Lipinski definition) is 7. The standard InChI is InChI=1S/C26H33FN4O7S/c1-18(26(33)28-21-7-5-4-6-8-21)29(16-19-9-11-20(27)12-10-19)25(32)17-30(39(3,36)37)23-15-22(31(34)35)13-14-24(23)38-2/h9-15,18,21H,4-8,16-17H2,1-3H3,(H,28,33)/t18-/m1/s1. The number of nitrogens with one attached hydrogen (secondary N) is 1. The highest BCUT2D eigenvalue weighted by Gasteiger charge is 2.32. The Morgan fingerprint density at radius 3 is 2.36 bits per heavy atom. The summed E-state index contributed by atoms with van der Waals surface area (Å²) in [5.74, 6) is -1.59. The number of nitro groups is 1. The Morgan fingerprint density at radius 2 is 1.79 bits per heavy atom. The van der Waals surface area contributed by atoms with Crippen molar-refractivity contribution in [3.05, 3.63) is 64.0 Å². The summed E-state index contributed by atoms with van der Waals surface area (Å²) in [4.78, 5) is 38.8. The van der Waals surface area contributed by atoms with Crippen LogP contribution in [0.15, 0.2) is 42.5 Å². The lowest BCUT2D eigenvalue weighted by Gasteiger charge is -2.33. The number of halogens is 1. The van der Waals surface area contributed by atoms with Gasteiger partial charge in [-0.05, 0) is 43.5 Å². The first kappa shape index (κ1) is 29.8. The van der Waals surface area contributed by atoms with E-state index in [1.165, 1.54) is 49.3 Å². The van der Waals surface area contributed by atoms with Crippen LogP contribution < -0.4 is 14.4 Å².